The van der Waals surface area contributed by atoms with E-state index in [-0.39, 0.29) is 55.6 Å². The summed E-state index contributed by atoms with van der Waals surface area (Å²) in [5.74, 6) is 0. The van der Waals surface area contributed by atoms with Gasteiger partial charge in [-0.05, 0) is 109 Å². The minimum absolute atomic E-state index is 0. The Bertz CT molecular complexity index is 2490. The van der Waals surface area contributed by atoms with Crippen LogP contribution in [0.1, 0.15) is 0 Å². The molecule has 12 heterocycles. The van der Waals surface area contributed by atoms with Crippen LogP contribution in [0.15, 0.2) is 114 Å². The molecule has 0 unspecified atom stereocenters. The number of nitrogens with zero attached hydrogens (tertiary/aromatic N) is 12. The predicted molar refractivity (Wildman–Crippen MR) is 239 cm³/mol. The molecule has 0 bridgehead atoms. The van der Waals surface area contributed by atoms with Gasteiger partial charge in [0.2, 0.25) is 0 Å². The molecule has 0 aliphatic carbocycles. The molecule has 1 aromatic carbocycles. The Morgan fingerprint density at radius 2 is 0.645 bits per heavy atom. The molecule has 5 aromatic rings. The van der Waals surface area contributed by atoms with E-state index in [1.807, 2.05) is 149 Å². The quantitative estimate of drug-likeness (QED) is 0.192. The Labute approximate surface area is 407 Å². The number of hydrogen-bond acceptors (Lipinski definition) is 16. The molecule has 0 fully saturated rings. The summed E-state index contributed by atoms with van der Waals surface area (Å²) in [4.78, 5) is 42.0. The maximum atomic E-state index is 5.20. The molecule has 4 aromatic heterocycles. The van der Waals surface area contributed by atoms with Crippen molar-refractivity contribution in [2.75, 3.05) is 47.8 Å². The molecule has 13 rings (SSSR count). The molecule has 0 spiro atoms. The third-order valence-electron chi connectivity index (χ3n) is 11.3. The molecule has 0 saturated heterocycles. The minimum Gasteiger partial charge on any atom is -0.510 e. The first-order valence-corrected chi connectivity index (χ1v) is 22.4. The molecule has 0 atom stereocenters. The van der Waals surface area contributed by atoms with Crippen molar-refractivity contribution in [2.24, 2.45) is 0 Å². The zero-order chi connectivity index (χ0) is 40.0. The average molecular weight is 1240 g/mol. The zero-order valence-corrected chi connectivity index (χ0v) is 40.8. The van der Waals surface area contributed by atoms with Gasteiger partial charge in [-0.3, -0.25) is 0 Å². The van der Waals surface area contributed by atoms with E-state index in [1.165, 1.54) is 30.5 Å². The van der Waals surface area contributed by atoms with Crippen LogP contribution in [0.4, 0.5) is 22.7 Å². The van der Waals surface area contributed by atoms with Crippen molar-refractivity contribution in [3.8, 4) is 0 Å². The molecular formula is C42H28B2N12Pt2S4. The summed E-state index contributed by atoms with van der Waals surface area (Å²) >= 11 is 6.95. The number of aromatic nitrogens is 4. The molecular weight excluding hydrogens is 1210 g/mol. The summed E-state index contributed by atoms with van der Waals surface area (Å²) in [5, 5.41) is 3.71. The summed E-state index contributed by atoms with van der Waals surface area (Å²) in [6, 6.07) is 15.4. The van der Waals surface area contributed by atoms with Crippen LogP contribution >= 0.6 is 47.0 Å². The van der Waals surface area contributed by atoms with Crippen molar-refractivity contribution in [2.45, 2.75) is 39.7 Å². The van der Waals surface area contributed by atoms with Crippen molar-refractivity contribution in [3.05, 3.63) is 125 Å². The van der Waals surface area contributed by atoms with Gasteiger partial charge in [0, 0.05) is 19.6 Å². The molecule has 8 aliphatic rings. The standard InChI is InChI=1S/C42H28B2N12S4.2Pt/c1-49-5-9-53(21-49)25-13-29-39(45-17-25)57-35-33-36(58-40-30(43(29)33)14-26(18-46-40)54-10-6-50(2)22-54)38-34-37(35)59-41-31(15-27(19-47-41)55-11-7-51(3)23-55)44(34)32-16-28(20-48-42(32)60-38)56-12-8-52(4)24-56;;/h5-12,17-24H,1-4H3;;/q-8;2*+4. The fourth-order valence-electron chi connectivity index (χ4n) is 8.53. The summed E-state index contributed by atoms with van der Waals surface area (Å²) < 4.78 is 0. The van der Waals surface area contributed by atoms with Gasteiger partial charge in [-0.15, -0.1) is 47.0 Å². The van der Waals surface area contributed by atoms with Crippen LogP contribution in [0.5, 0.6) is 0 Å². The summed E-state index contributed by atoms with van der Waals surface area (Å²) in [7, 11) is 8.09. The van der Waals surface area contributed by atoms with Gasteiger partial charge >= 0.3 is 42.1 Å². The first kappa shape index (κ1) is 40.8. The Morgan fingerprint density at radius 3 is 0.855 bits per heavy atom. The number of hydrogen-bond donors (Lipinski definition) is 0. The van der Waals surface area contributed by atoms with Crippen molar-refractivity contribution < 1.29 is 42.1 Å². The van der Waals surface area contributed by atoms with Gasteiger partial charge in [0.1, 0.15) is 0 Å². The SMILES string of the molecule is CN1C=CN(c2[c-]c3c(nc2)Sc2c4c5c(c6c2B3c2[c-]c(N3C=CN(C)[CH-]3)cnc2S6)Sc2ncc(N3C=CN(C)[CH-]3)[c-]c2B5c2[c-]c(N3C=CN(C)[CH-]3)cnc2S4)[CH-]1.[Pt+4].[Pt+4]. The van der Waals surface area contributed by atoms with Gasteiger partial charge < -0.3 is 59.1 Å². The van der Waals surface area contributed by atoms with Crippen LogP contribution in [0.25, 0.3) is 0 Å². The van der Waals surface area contributed by atoms with E-state index in [0.29, 0.717) is 0 Å². The minimum atomic E-state index is -0.215. The number of fused-ring (bicyclic) bond motifs is 10. The summed E-state index contributed by atoms with van der Waals surface area (Å²) in [5.41, 5.74) is 10.1. The van der Waals surface area contributed by atoms with Crippen LogP contribution < -0.4 is 52.4 Å². The predicted octanol–water partition coefficient (Wildman–Crippen LogP) is 2.72. The number of rotatable bonds is 4. The molecule has 0 saturated carbocycles. The van der Waals surface area contributed by atoms with Crippen LogP contribution in [-0.4, -0.2) is 81.2 Å². The average Bonchev–Trinajstić information content (AvgIpc) is 4.10. The Hall–Kier alpha value is -3.91. The molecule has 12 nitrogen and oxygen atoms in total. The van der Waals surface area contributed by atoms with E-state index < -0.39 is 0 Å². The van der Waals surface area contributed by atoms with Crippen LogP contribution in [0.3, 0.4) is 0 Å². The summed E-state index contributed by atoms with van der Waals surface area (Å²) in [6.45, 7) is 7.73. The Morgan fingerprint density at radius 1 is 0.403 bits per heavy atom. The van der Waals surface area contributed by atoms with Gasteiger partial charge in [0.25, 0.3) is 0 Å². The summed E-state index contributed by atoms with van der Waals surface area (Å²) in [6.07, 6.45) is 24.0. The third kappa shape index (κ3) is 6.32. The number of benzene rings is 1. The van der Waals surface area contributed by atoms with E-state index in [9.17, 15) is 0 Å². The van der Waals surface area contributed by atoms with Gasteiger partial charge in [0.15, 0.2) is 13.4 Å². The van der Waals surface area contributed by atoms with Crippen molar-refractivity contribution in [3.63, 3.8) is 0 Å². The molecule has 306 valence electrons. The van der Waals surface area contributed by atoms with E-state index in [1.54, 1.807) is 47.0 Å². The number of anilines is 4. The van der Waals surface area contributed by atoms with E-state index in [2.05, 4.69) is 43.9 Å². The monoisotopic (exact) mass is 1240 g/mol. The Kier molecular flexibility index (Phi) is 10.1. The second kappa shape index (κ2) is 15.4. The van der Waals surface area contributed by atoms with Gasteiger partial charge in [-0.2, -0.15) is 72.8 Å². The molecule has 0 amide bonds. The smallest absolute Gasteiger partial charge is 0.510 e. The number of pyridine rings is 4. The van der Waals surface area contributed by atoms with E-state index >= 15 is 0 Å². The first-order valence-electron chi connectivity index (χ1n) is 19.1. The van der Waals surface area contributed by atoms with E-state index in [0.717, 1.165) is 64.7 Å². The molecule has 0 N–H and O–H groups in total. The topological polar surface area (TPSA) is 77.5 Å². The first-order chi connectivity index (χ1) is 29.3. The van der Waals surface area contributed by atoms with Gasteiger partial charge in [-0.1, -0.05) is 47.5 Å². The van der Waals surface area contributed by atoms with Crippen LogP contribution in [0.2, 0.25) is 0 Å². The van der Waals surface area contributed by atoms with Crippen LogP contribution in [0, 0.1) is 50.9 Å². The maximum absolute atomic E-state index is 5.20. The van der Waals surface area contributed by atoms with Crippen molar-refractivity contribution >= 4 is 116 Å². The zero-order valence-electron chi connectivity index (χ0n) is 33.0. The fourth-order valence-corrected chi connectivity index (χ4v) is 13.6. The molecule has 0 radical (unpaired) electrons. The third-order valence-corrected chi connectivity index (χ3v) is 16.1. The maximum Gasteiger partial charge on any atom is 4.00 e. The molecule has 8 aliphatic heterocycles. The Balaban J connectivity index is 0.00000216. The van der Waals surface area contributed by atoms with E-state index in [4.69, 9.17) is 19.9 Å². The normalized spacial score (nSPS) is 17.9. The second-order valence-corrected chi connectivity index (χ2v) is 19.3. The van der Waals surface area contributed by atoms with Crippen molar-refractivity contribution in [1.82, 2.24) is 39.5 Å². The van der Waals surface area contributed by atoms with Gasteiger partial charge in [-0.25, -0.2) is 0 Å². The molecule has 62 heavy (non-hydrogen) atoms. The van der Waals surface area contributed by atoms with Crippen LogP contribution in [-0.2, 0) is 42.1 Å². The second-order valence-electron chi connectivity index (χ2n) is 15.3. The molecule has 20 heteroatoms. The van der Waals surface area contributed by atoms with Crippen molar-refractivity contribution in [1.29, 1.82) is 0 Å². The fraction of sp³-hybridized carbons (Fsp3) is 0.0952. The van der Waals surface area contributed by atoms with Gasteiger partial charge in [0.05, 0.1) is 0 Å². The largest absolute Gasteiger partial charge is 4.00 e.